The normalized spacial score (nSPS) is 27.1. The fourth-order valence-corrected chi connectivity index (χ4v) is 3.59. The van der Waals surface area contributed by atoms with Crippen molar-refractivity contribution in [3.05, 3.63) is 0 Å². The van der Waals surface area contributed by atoms with E-state index in [0.717, 1.165) is 38.7 Å². The first-order chi connectivity index (χ1) is 10.8. The molecule has 0 saturated carbocycles. The van der Waals surface area contributed by atoms with Crippen molar-refractivity contribution in [3.8, 4) is 0 Å². The Morgan fingerprint density at radius 3 is 2.61 bits per heavy atom. The lowest BCUT2D eigenvalue weighted by Crippen LogP contribution is -2.72. The van der Waals surface area contributed by atoms with Crippen LogP contribution in [0.25, 0.3) is 0 Å². The highest BCUT2D eigenvalue weighted by molar-refractivity contribution is 5.82. The quantitative estimate of drug-likeness (QED) is 0.600. The van der Waals surface area contributed by atoms with E-state index in [1.165, 1.54) is 19.4 Å². The molecule has 134 valence electrons. The molecule has 2 heterocycles. The van der Waals surface area contributed by atoms with E-state index in [-0.39, 0.29) is 5.54 Å². The standard InChI is InChI=1S/C18H36N4O/c1-7-19-16(22-14-17(2,3)18(22,4)5)20-13-15-9-8-10-21(15)11-12-23-6/h15H,7-14H2,1-6H3,(H,19,20). The summed E-state index contributed by atoms with van der Waals surface area (Å²) >= 11 is 0. The second-order valence-corrected chi connectivity index (χ2v) is 8.05. The van der Waals surface area contributed by atoms with Crippen LogP contribution in [0.3, 0.4) is 0 Å². The van der Waals surface area contributed by atoms with E-state index in [4.69, 9.17) is 9.73 Å². The van der Waals surface area contributed by atoms with Gasteiger partial charge in [0.2, 0.25) is 0 Å². The summed E-state index contributed by atoms with van der Waals surface area (Å²) in [6.07, 6.45) is 2.53. The maximum atomic E-state index is 5.23. The van der Waals surface area contributed by atoms with E-state index in [1.54, 1.807) is 7.11 Å². The molecule has 1 unspecified atom stereocenters. The van der Waals surface area contributed by atoms with Gasteiger partial charge in [0.15, 0.2) is 5.96 Å². The first-order valence-electron chi connectivity index (χ1n) is 9.12. The molecule has 1 atom stereocenters. The Bertz CT molecular complexity index is 419. The Labute approximate surface area is 142 Å². The third kappa shape index (κ3) is 3.82. The van der Waals surface area contributed by atoms with Gasteiger partial charge in [0.05, 0.1) is 13.2 Å². The average Bonchev–Trinajstić information content (AvgIpc) is 2.94. The van der Waals surface area contributed by atoms with Crippen LogP contribution in [0.1, 0.15) is 47.5 Å². The van der Waals surface area contributed by atoms with Gasteiger partial charge in [0.25, 0.3) is 0 Å². The molecule has 0 aliphatic carbocycles. The van der Waals surface area contributed by atoms with Gasteiger partial charge >= 0.3 is 0 Å². The van der Waals surface area contributed by atoms with Gasteiger partial charge in [0, 0.05) is 43.7 Å². The molecule has 0 aromatic carbocycles. The minimum atomic E-state index is 0.152. The van der Waals surface area contributed by atoms with Crippen molar-refractivity contribution in [3.63, 3.8) is 0 Å². The maximum Gasteiger partial charge on any atom is 0.194 e. The largest absolute Gasteiger partial charge is 0.383 e. The van der Waals surface area contributed by atoms with Crippen LogP contribution in [0, 0.1) is 5.41 Å². The Morgan fingerprint density at radius 2 is 2.04 bits per heavy atom. The monoisotopic (exact) mass is 324 g/mol. The second-order valence-electron chi connectivity index (χ2n) is 8.05. The Morgan fingerprint density at radius 1 is 1.30 bits per heavy atom. The highest BCUT2D eigenvalue weighted by Gasteiger charge is 2.53. The number of methoxy groups -OCH3 is 1. The molecule has 0 bridgehead atoms. The fraction of sp³-hybridized carbons (Fsp3) is 0.944. The van der Waals surface area contributed by atoms with Crippen LogP contribution in [0.4, 0.5) is 0 Å². The van der Waals surface area contributed by atoms with Gasteiger partial charge in [-0.15, -0.1) is 0 Å². The van der Waals surface area contributed by atoms with Gasteiger partial charge in [-0.3, -0.25) is 9.89 Å². The first-order valence-corrected chi connectivity index (χ1v) is 9.12. The Hall–Kier alpha value is -0.810. The molecular weight excluding hydrogens is 288 g/mol. The summed E-state index contributed by atoms with van der Waals surface area (Å²) in [6, 6.07) is 0.566. The number of nitrogens with zero attached hydrogens (tertiary/aromatic N) is 3. The summed E-state index contributed by atoms with van der Waals surface area (Å²) in [5.74, 6) is 1.08. The summed E-state index contributed by atoms with van der Waals surface area (Å²) in [5, 5.41) is 3.49. The van der Waals surface area contributed by atoms with E-state index in [9.17, 15) is 0 Å². The molecule has 2 fully saturated rings. The van der Waals surface area contributed by atoms with Crippen LogP contribution >= 0.6 is 0 Å². The molecule has 5 heteroatoms. The van der Waals surface area contributed by atoms with Crippen molar-refractivity contribution in [1.82, 2.24) is 15.1 Å². The summed E-state index contributed by atoms with van der Waals surface area (Å²) in [4.78, 5) is 9.95. The lowest BCUT2D eigenvalue weighted by Gasteiger charge is -2.62. The van der Waals surface area contributed by atoms with E-state index in [0.29, 0.717) is 11.5 Å². The summed E-state index contributed by atoms with van der Waals surface area (Å²) in [7, 11) is 1.78. The number of rotatable bonds is 6. The lowest BCUT2D eigenvalue weighted by atomic mass is 9.65. The van der Waals surface area contributed by atoms with Gasteiger partial charge in [-0.2, -0.15) is 0 Å². The minimum Gasteiger partial charge on any atom is -0.383 e. The highest BCUT2D eigenvalue weighted by atomic mass is 16.5. The van der Waals surface area contributed by atoms with Crippen molar-refractivity contribution in [1.29, 1.82) is 0 Å². The Kier molecular flexibility index (Phi) is 5.95. The molecule has 0 aromatic heterocycles. The van der Waals surface area contributed by atoms with Gasteiger partial charge in [-0.25, -0.2) is 0 Å². The molecule has 23 heavy (non-hydrogen) atoms. The van der Waals surface area contributed by atoms with Crippen molar-refractivity contribution < 1.29 is 4.74 Å². The molecule has 2 saturated heterocycles. The average molecular weight is 325 g/mol. The third-order valence-electron chi connectivity index (χ3n) is 6.01. The van der Waals surface area contributed by atoms with Gasteiger partial charge < -0.3 is 15.0 Å². The molecular formula is C18H36N4O. The van der Waals surface area contributed by atoms with Crippen LogP contribution in [0.5, 0.6) is 0 Å². The molecule has 2 aliphatic rings. The highest BCUT2D eigenvalue weighted by Crippen LogP contribution is 2.46. The van der Waals surface area contributed by atoms with E-state index >= 15 is 0 Å². The molecule has 0 amide bonds. The van der Waals surface area contributed by atoms with E-state index in [1.807, 2.05) is 0 Å². The number of ether oxygens (including phenoxy) is 1. The van der Waals surface area contributed by atoms with Crippen LogP contribution < -0.4 is 5.32 Å². The summed E-state index contributed by atoms with van der Waals surface area (Å²) < 4.78 is 5.23. The van der Waals surface area contributed by atoms with Crippen LogP contribution in [0.2, 0.25) is 0 Å². The topological polar surface area (TPSA) is 40.1 Å². The van der Waals surface area contributed by atoms with Gasteiger partial charge in [-0.1, -0.05) is 13.8 Å². The molecule has 0 spiro atoms. The molecule has 0 radical (unpaired) electrons. The Balaban J connectivity index is 1.99. The second kappa shape index (κ2) is 7.39. The number of nitrogens with one attached hydrogen (secondary N) is 1. The zero-order chi connectivity index (χ0) is 17.1. The van der Waals surface area contributed by atoms with E-state index in [2.05, 4.69) is 49.7 Å². The number of likely N-dealkylation sites (tertiary alicyclic amines) is 2. The van der Waals surface area contributed by atoms with Crippen LogP contribution in [-0.2, 0) is 4.74 Å². The molecule has 0 aromatic rings. The SMILES string of the molecule is CCNC(=NCC1CCCN1CCOC)N1CC(C)(C)C1(C)C. The molecule has 2 aliphatic heterocycles. The predicted molar refractivity (Wildman–Crippen MR) is 97.0 cm³/mol. The molecule has 5 nitrogen and oxygen atoms in total. The number of hydrogen-bond acceptors (Lipinski definition) is 3. The van der Waals surface area contributed by atoms with Crippen molar-refractivity contribution >= 4 is 5.96 Å². The molecule has 1 N–H and O–H groups in total. The predicted octanol–water partition coefficient (Wildman–Crippen LogP) is 2.18. The van der Waals surface area contributed by atoms with Crippen LogP contribution in [-0.4, -0.2) is 73.8 Å². The summed E-state index contributed by atoms with van der Waals surface area (Å²) in [5.41, 5.74) is 0.487. The number of hydrogen-bond donors (Lipinski definition) is 1. The zero-order valence-corrected chi connectivity index (χ0v) is 16.0. The van der Waals surface area contributed by atoms with E-state index < -0.39 is 0 Å². The van der Waals surface area contributed by atoms with Crippen molar-refractivity contribution in [2.75, 3.05) is 46.4 Å². The zero-order valence-electron chi connectivity index (χ0n) is 16.0. The fourth-order valence-electron chi connectivity index (χ4n) is 3.59. The first kappa shape index (κ1) is 18.5. The van der Waals surface area contributed by atoms with Gasteiger partial charge in [0.1, 0.15) is 0 Å². The van der Waals surface area contributed by atoms with Crippen molar-refractivity contribution in [2.24, 2.45) is 10.4 Å². The van der Waals surface area contributed by atoms with Crippen LogP contribution in [0.15, 0.2) is 4.99 Å². The number of aliphatic imine (C=N–C) groups is 1. The molecule has 2 rings (SSSR count). The smallest absolute Gasteiger partial charge is 0.194 e. The van der Waals surface area contributed by atoms with Crippen molar-refractivity contribution in [2.45, 2.75) is 59.0 Å². The maximum absolute atomic E-state index is 5.23. The summed E-state index contributed by atoms with van der Waals surface area (Å²) in [6.45, 7) is 17.4. The van der Waals surface area contributed by atoms with Gasteiger partial charge in [-0.05, 0) is 40.2 Å². The lowest BCUT2D eigenvalue weighted by molar-refractivity contribution is -0.0668. The minimum absolute atomic E-state index is 0.152. The third-order valence-corrected chi connectivity index (χ3v) is 6.01. The number of guanidine groups is 1.